The largest absolute Gasteiger partial charge is 0.394 e. The summed E-state index contributed by atoms with van der Waals surface area (Å²) < 4.78 is 0. The number of hydrogen-bond acceptors (Lipinski definition) is 2. The van der Waals surface area contributed by atoms with E-state index < -0.39 is 0 Å². The van der Waals surface area contributed by atoms with Crippen LogP contribution in [0.4, 0.5) is 0 Å². The number of hydrogen-bond donors (Lipinski definition) is 2. The lowest BCUT2D eigenvalue weighted by atomic mass is 10.3. The maximum absolute atomic E-state index is 3.25. The van der Waals surface area contributed by atoms with E-state index in [1.54, 1.807) is 0 Å². The molecular weight excluding hydrogens is 112 g/mol. The normalized spacial score (nSPS) is 14.1. The zero-order valence-electron chi connectivity index (χ0n) is 6.44. The Bertz CT molecular complexity index is 79.0. The smallest absolute Gasteiger partial charge is 0.0238 e. The highest BCUT2D eigenvalue weighted by atomic mass is 14.9. The molecule has 1 atom stereocenters. The van der Waals surface area contributed by atoms with Crippen molar-refractivity contribution < 1.29 is 0 Å². The van der Waals surface area contributed by atoms with Crippen LogP contribution >= 0.6 is 0 Å². The third kappa shape index (κ3) is 5.37. The lowest BCUT2D eigenvalue weighted by molar-refractivity contribution is 0.658. The average Bonchev–Trinajstić information content (AvgIpc) is 1.85. The lowest BCUT2D eigenvalue weighted by Gasteiger charge is -2.04. The van der Waals surface area contributed by atoms with Gasteiger partial charge in [-0.05, 0) is 19.7 Å². The molecule has 0 fully saturated rings. The lowest BCUT2D eigenvalue weighted by Crippen LogP contribution is -2.23. The second-order valence-corrected chi connectivity index (χ2v) is 1.99. The topological polar surface area (TPSA) is 24.1 Å². The summed E-state index contributed by atoms with van der Waals surface area (Å²) >= 11 is 0. The SMILES string of the molecule is CCNC(C)/C=C\NC. The molecule has 0 aromatic rings. The quantitative estimate of drug-likeness (QED) is 0.583. The van der Waals surface area contributed by atoms with Crippen LogP contribution in [-0.2, 0) is 0 Å². The fraction of sp³-hybridized carbons (Fsp3) is 0.714. The molecular formula is C7H16N2. The molecule has 9 heavy (non-hydrogen) atoms. The first-order valence-electron chi connectivity index (χ1n) is 3.38. The number of likely N-dealkylation sites (N-methyl/N-ethyl adjacent to an activating group) is 1. The Hall–Kier alpha value is -0.500. The van der Waals surface area contributed by atoms with Crippen LogP contribution in [0.3, 0.4) is 0 Å². The van der Waals surface area contributed by atoms with Crippen molar-refractivity contribution >= 4 is 0 Å². The van der Waals surface area contributed by atoms with Crippen molar-refractivity contribution in [2.24, 2.45) is 0 Å². The fourth-order valence-electron chi connectivity index (χ4n) is 0.631. The Morgan fingerprint density at radius 1 is 1.56 bits per heavy atom. The van der Waals surface area contributed by atoms with Crippen LogP contribution in [0.25, 0.3) is 0 Å². The van der Waals surface area contributed by atoms with Crippen molar-refractivity contribution in [3.63, 3.8) is 0 Å². The molecule has 0 aliphatic carbocycles. The van der Waals surface area contributed by atoms with Crippen molar-refractivity contribution in [3.05, 3.63) is 12.3 Å². The Kier molecular flexibility index (Phi) is 5.32. The fourth-order valence-corrected chi connectivity index (χ4v) is 0.631. The Morgan fingerprint density at radius 3 is 2.67 bits per heavy atom. The summed E-state index contributed by atoms with van der Waals surface area (Å²) in [6.07, 6.45) is 4.02. The van der Waals surface area contributed by atoms with E-state index in [1.165, 1.54) is 0 Å². The van der Waals surface area contributed by atoms with E-state index in [4.69, 9.17) is 0 Å². The van der Waals surface area contributed by atoms with Gasteiger partial charge in [0, 0.05) is 13.1 Å². The van der Waals surface area contributed by atoms with Crippen molar-refractivity contribution in [1.29, 1.82) is 0 Å². The third-order valence-corrected chi connectivity index (χ3v) is 1.08. The van der Waals surface area contributed by atoms with Crippen LogP contribution < -0.4 is 10.6 Å². The molecule has 2 heteroatoms. The minimum atomic E-state index is 0.474. The monoisotopic (exact) mass is 128 g/mol. The molecule has 0 amide bonds. The third-order valence-electron chi connectivity index (χ3n) is 1.08. The van der Waals surface area contributed by atoms with Gasteiger partial charge in [-0.3, -0.25) is 0 Å². The van der Waals surface area contributed by atoms with Crippen molar-refractivity contribution in [1.82, 2.24) is 10.6 Å². The highest BCUT2D eigenvalue weighted by Crippen LogP contribution is 1.80. The predicted molar refractivity (Wildman–Crippen MR) is 41.3 cm³/mol. The van der Waals surface area contributed by atoms with Crippen molar-refractivity contribution in [3.8, 4) is 0 Å². The van der Waals surface area contributed by atoms with E-state index in [0.29, 0.717) is 6.04 Å². The molecule has 2 nitrogen and oxygen atoms in total. The van der Waals surface area contributed by atoms with Gasteiger partial charge in [0.2, 0.25) is 0 Å². The first kappa shape index (κ1) is 8.50. The molecule has 0 heterocycles. The molecule has 0 aliphatic heterocycles. The van der Waals surface area contributed by atoms with Gasteiger partial charge in [0.25, 0.3) is 0 Å². The van der Waals surface area contributed by atoms with Crippen LogP contribution in [-0.4, -0.2) is 19.6 Å². The molecule has 2 N–H and O–H groups in total. The zero-order valence-corrected chi connectivity index (χ0v) is 6.44. The maximum Gasteiger partial charge on any atom is 0.0238 e. The van der Waals surface area contributed by atoms with Gasteiger partial charge in [0.1, 0.15) is 0 Å². The summed E-state index contributed by atoms with van der Waals surface area (Å²) in [5.74, 6) is 0. The summed E-state index contributed by atoms with van der Waals surface area (Å²) in [5, 5.41) is 6.19. The average molecular weight is 128 g/mol. The van der Waals surface area contributed by atoms with E-state index >= 15 is 0 Å². The first-order valence-corrected chi connectivity index (χ1v) is 3.38. The number of rotatable bonds is 4. The van der Waals surface area contributed by atoms with E-state index in [2.05, 4.69) is 30.6 Å². The Labute approximate surface area is 57.3 Å². The van der Waals surface area contributed by atoms with Crippen molar-refractivity contribution in [2.45, 2.75) is 19.9 Å². The van der Waals surface area contributed by atoms with Crippen LogP contribution in [0.1, 0.15) is 13.8 Å². The summed E-state index contributed by atoms with van der Waals surface area (Å²) in [6, 6.07) is 0.474. The molecule has 0 radical (unpaired) electrons. The van der Waals surface area contributed by atoms with Crippen molar-refractivity contribution in [2.75, 3.05) is 13.6 Å². The first-order chi connectivity index (χ1) is 4.31. The highest BCUT2D eigenvalue weighted by molar-refractivity contribution is 4.87. The van der Waals surface area contributed by atoms with Gasteiger partial charge in [-0.2, -0.15) is 0 Å². The van der Waals surface area contributed by atoms with E-state index in [0.717, 1.165) is 6.54 Å². The molecule has 0 rings (SSSR count). The van der Waals surface area contributed by atoms with Crippen LogP contribution in [0.5, 0.6) is 0 Å². The molecule has 1 unspecified atom stereocenters. The van der Waals surface area contributed by atoms with Gasteiger partial charge in [0.15, 0.2) is 0 Å². The number of nitrogens with one attached hydrogen (secondary N) is 2. The summed E-state index contributed by atoms with van der Waals surface area (Å²) in [6.45, 7) is 5.25. The molecule has 0 spiro atoms. The van der Waals surface area contributed by atoms with Gasteiger partial charge in [-0.25, -0.2) is 0 Å². The van der Waals surface area contributed by atoms with E-state index in [-0.39, 0.29) is 0 Å². The summed E-state index contributed by atoms with van der Waals surface area (Å²) in [4.78, 5) is 0. The molecule has 0 aromatic heterocycles. The van der Waals surface area contributed by atoms with E-state index in [1.807, 2.05) is 13.2 Å². The Morgan fingerprint density at radius 2 is 2.22 bits per heavy atom. The van der Waals surface area contributed by atoms with E-state index in [9.17, 15) is 0 Å². The van der Waals surface area contributed by atoms with Gasteiger partial charge >= 0.3 is 0 Å². The van der Waals surface area contributed by atoms with Gasteiger partial charge in [0.05, 0.1) is 0 Å². The second-order valence-electron chi connectivity index (χ2n) is 1.99. The van der Waals surface area contributed by atoms with Gasteiger partial charge < -0.3 is 10.6 Å². The van der Waals surface area contributed by atoms with Crippen LogP contribution in [0.15, 0.2) is 12.3 Å². The summed E-state index contributed by atoms with van der Waals surface area (Å²) in [5.41, 5.74) is 0. The van der Waals surface area contributed by atoms with Gasteiger partial charge in [-0.15, -0.1) is 0 Å². The zero-order chi connectivity index (χ0) is 7.11. The summed E-state index contributed by atoms with van der Waals surface area (Å²) in [7, 11) is 1.90. The van der Waals surface area contributed by atoms with Gasteiger partial charge in [-0.1, -0.05) is 13.0 Å². The second kappa shape index (κ2) is 5.63. The molecule has 54 valence electrons. The highest BCUT2D eigenvalue weighted by Gasteiger charge is 1.88. The van der Waals surface area contributed by atoms with Crippen LogP contribution in [0, 0.1) is 0 Å². The molecule has 0 aromatic carbocycles. The maximum atomic E-state index is 3.25. The predicted octanol–water partition coefficient (Wildman–Crippen LogP) is 0.717. The van der Waals surface area contributed by atoms with Crippen LogP contribution in [0.2, 0.25) is 0 Å². The standard InChI is InChI=1S/C7H16N2/c1-4-9-7(2)5-6-8-3/h5-9H,4H2,1-3H3/b6-5-. The Balaban J connectivity index is 3.25. The molecule has 0 aliphatic rings. The minimum Gasteiger partial charge on any atom is -0.394 e. The molecule has 0 saturated carbocycles. The minimum absolute atomic E-state index is 0.474. The molecule has 0 saturated heterocycles. The molecule has 0 bridgehead atoms.